The van der Waals surface area contributed by atoms with Crippen LogP contribution in [0.25, 0.3) is 0 Å². The highest BCUT2D eigenvalue weighted by atomic mass is 79.9. The lowest BCUT2D eigenvalue weighted by Crippen LogP contribution is -2.22. The fourth-order valence-electron chi connectivity index (χ4n) is 1.81. The van der Waals surface area contributed by atoms with Crippen LogP contribution in [-0.4, -0.2) is 19.3 Å². The van der Waals surface area contributed by atoms with Crippen molar-refractivity contribution in [1.29, 1.82) is 0 Å². The highest BCUT2D eigenvalue weighted by Gasteiger charge is 2.12. The third-order valence-electron chi connectivity index (χ3n) is 2.85. The molecule has 1 rings (SSSR count). The first-order valence-electron chi connectivity index (χ1n) is 6.31. The van der Waals surface area contributed by atoms with Crippen LogP contribution in [0, 0.1) is 6.92 Å². The van der Waals surface area contributed by atoms with E-state index in [0.29, 0.717) is 13.0 Å². The molecule has 0 aliphatic carbocycles. The molecule has 1 aromatic carbocycles. The summed E-state index contributed by atoms with van der Waals surface area (Å²) in [7, 11) is 0. The average molecular weight is 318 g/mol. The van der Waals surface area contributed by atoms with Gasteiger partial charge < -0.3 is 10.5 Å². The second kappa shape index (κ2) is 7.74. The van der Waals surface area contributed by atoms with Gasteiger partial charge in [0.05, 0.1) is 13.3 Å². The summed E-state index contributed by atoms with van der Waals surface area (Å²) in [4.78, 5) is 0. The van der Waals surface area contributed by atoms with Crippen molar-refractivity contribution in [1.82, 2.24) is 0 Å². The van der Waals surface area contributed by atoms with E-state index < -0.39 is 0 Å². The first-order chi connectivity index (χ1) is 8.58. The fourth-order valence-corrected chi connectivity index (χ4v) is 2.43. The number of halogens is 2. The van der Waals surface area contributed by atoms with Gasteiger partial charge in [0.15, 0.2) is 0 Å². The number of hydrogen-bond acceptors (Lipinski definition) is 2. The molecule has 2 N–H and O–H groups in total. The second-order valence-corrected chi connectivity index (χ2v) is 5.39. The molecule has 0 amide bonds. The molecule has 0 spiro atoms. The Kier molecular flexibility index (Phi) is 6.65. The third-order valence-corrected chi connectivity index (χ3v) is 3.31. The largest absolute Gasteiger partial charge is 0.493 e. The summed E-state index contributed by atoms with van der Waals surface area (Å²) in [6.07, 6.45) is 2.13. The van der Waals surface area contributed by atoms with Crippen molar-refractivity contribution in [3.8, 4) is 5.75 Å². The molecule has 0 bridgehead atoms. The maximum atomic E-state index is 12.1. The summed E-state index contributed by atoms with van der Waals surface area (Å²) >= 11 is 3.48. The molecule has 0 aliphatic rings. The van der Waals surface area contributed by atoms with Crippen LogP contribution in [0.4, 0.5) is 4.39 Å². The summed E-state index contributed by atoms with van der Waals surface area (Å²) in [6, 6.07) is 4.17. The van der Waals surface area contributed by atoms with E-state index in [2.05, 4.69) is 22.9 Å². The molecule has 0 heterocycles. The van der Waals surface area contributed by atoms with Crippen molar-refractivity contribution in [2.45, 2.75) is 39.2 Å². The third kappa shape index (κ3) is 4.58. The summed E-state index contributed by atoms with van der Waals surface area (Å²) in [6.45, 7) is 4.13. The Hall–Kier alpha value is -0.610. The molecule has 0 radical (unpaired) electrons. The van der Waals surface area contributed by atoms with E-state index in [4.69, 9.17) is 10.5 Å². The van der Waals surface area contributed by atoms with Gasteiger partial charge in [0.25, 0.3) is 0 Å². The van der Waals surface area contributed by atoms with Gasteiger partial charge in [0.2, 0.25) is 0 Å². The topological polar surface area (TPSA) is 35.2 Å². The Labute approximate surface area is 117 Å². The zero-order valence-electron chi connectivity index (χ0n) is 11.0. The van der Waals surface area contributed by atoms with Gasteiger partial charge in [-0.3, -0.25) is 4.39 Å². The first kappa shape index (κ1) is 15.4. The minimum Gasteiger partial charge on any atom is -0.493 e. The van der Waals surface area contributed by atoms with Crippen molar-refractivity contribution in [2.24, 2.45) is 5.73 Å². The van der Waals surface area contributed by atoms with E-state index >= 15 is 0 Å². The SMILES string of the molecule is CCC(N)Cc1cc(Br)cc(C)c1OCCCF. The Morgan fingerprint density at radius 2 is 2.17 bits per heavy atom. The molecule has 1 aromatic rings. The van der Waals surface area contributed by atoms with Crippen molar-refractivity contribution < 1.29 is 9.13 Å². The van der Waals surface area contributed by atoms with E-state index in [1.165, 1.54) is 0 Å². The number of ether oxygens (including phenoxy) is 1. The smallest absolute Gasteiger partial charge is 0.125 e. The van der Waals surface area contributed by atoms with Gasteiger partial charge in [0.1, 0.15) is 5.75 Å². The van der Waals surface area contributed by atoms with Gasteiger partial charge in [0, 0.05) is 16.9 Å². The summed E-state index contributed by atoms with van der Waals surface area (Å²) in [5.74, 6) is 0.857. The minimum atomic E-state index is -0.348. The zero-order valence-corrected chi connectivity index (χ0v) is 12.6. The lowest BCUT2D eigenvalue weighted by Gasteiger charge is -2.17. The molecule has 1 atom stereocenters. The number of hydrogen-bond donors (Lipinski definition) is 1. The molecule has 0 saturated heterocycles. The van der Waals surface area contributed by atoms with Crippen molar-refractivity contribution >= 4 is 15.9 Å². The van der Waals surface area contributed by atoms with Crippen LogP contribution in [0.15, 0.2) is 16.6 Å². The van der Waals surface area contributed by atoms with E-state index in [1.54, 1.807) is 0 Å². The normalized spacial score (nSPS) is 12.5. The van der Waals surface area contributed by atoms with E-state index in [-0.39, 0.29) is 12.7 Å². The van der Waals surface area contributed by atoms with E-state index in [0.717, 1.165) is 34.2 Å². The van der Waals surface area contributed by atoms with Gasteiger partial charge >= 0.3 is 0 Å². The molecule has 0 aromatic heterocycles. The van der Waals surface area contributed by atoms with Gasteiger partial charge in [-0.2, -0.15) is 0 Å². The average Bonchev–Trinajstić information content (AvgIpc) is 2.32. The summed E-state index contributed by atoms with van der Waals surface area (Å²) in [5.41, 5.74) is 8.15. The second-order valence-electron chi connectivity index (χ2n) is 4.47. The van der Waals surface area contributed by atoms with Crippen LogP contribution >= 0.6 is 15.9 Å². The molecule has 0 saturated carbocycles. The molecule has 2 nitrogen and oxygen atoms in total. The van der Waals surface area contributed by atoms with Crippen LogP contribution in [0.3, 0.4) is 0 Å². The number of alkyl halides is 1. The molecule has 0 fully saturated rings. The number of nitrogens with two attached hydrogens (primary N) is 1. The maximum Gasteiger partial charge on any atom is 0.125 e. The van der Waals surface area contributed by atoms with Gasteiger partial charge in [-0.25, -0.2) is 0 Å². The molecular weight excluding hydrogens is 297 g/mol. The lowest BCUT2D eigenvalue weighted by atomic mass is 10.0. The molecule has 18 heavy (non-hydrogen) atoms. The Morgan fingerprint density at radius 1 is 1.44 bits per heavy atom. The van der Waals surface area contributed by atoms with Crippen LogP contribution in [-0.2, 0) is 6.42 Å². The van der Waals surface area contributed by atoms with Crippen molar-refractivity contribution in [3.63, 3.8) is 0 Å². The van der Waals surface area contributed by atoms with E-state index in [9.17, 15) is 4.39 Å². The Bertz CT molecular complexity index is 384. The van der Waals surface area contributed by atoms with Crippen molar-refractivity contribution in [2.75, 3.05) is 13.3 Å². The molecular formula is C14H21BrFNO. The number of rotatable bonds is 7. The fraction of sp³-hybridized carbons (Fsp3) is 0.571. The first-order valence-corrected chi connectivity index (χ1v) is 7.11. The Morgan fingerprint density at radius 3 is 2.78 bits per heavy atom. The number of benzene rings is 1. The molecule has 102 valence electrons. The quantitative estimate of drug-likeness (QED) is 0.777. The Balaban J connectivity index is 2.89. The van der Waals surface area contributed by atoms with E-state index in [1.807, 2.05) is 19.1 Å². The highest BCUT2D eigenvalue weighted by Crippen LogP contribution is 2.29. The van der Waals surface area contributed by atoms with Crippen LogP contribution < -0.4 is 10.5 Å². The summed E-state index contributed by atoms with van der Waals surface area (Å²) < 4.78 is 18.8. The number of aryl methyl sites for hydroxylation is 1. The highest BCUT2D eigenvalue weighted by molar-refractivity contribution is 9.10. The zero-order chi connectivity index (χ0) is 13.5. The van der Waals surface area contributed by atoms with Crippen molar-refractivity contribution in [3.05, 3.63) is 27.7 Å². The van der Waals surface area contributed by atoms with Gasteiger partial charge in [-0.1, -0.05) is 22.9 Å². The minimum absolute atomic E-state index is 0.127. The summed E-state index contributed by atoms with van der Waals surface area (Å²) in [5, 5.41) is 0. The van der Waals surface area contributed by atoms with Crippen LogP contribution in [0.5, 0.6) is 5.75 Å². The maximum absolute atomic E-state index is 12.1. The predicted molar refractivity (Wildman–Crippen MR) is 76.9 cm³/mol. The van der Waals surface area contributed by atoms with Crippen LogP contribution in [0.2, 0.25) is 0 Å². The monoisotopic (exact) mass is 317 g/mol. The predicted octanol–water partition coefficient (Wildman–Crippen LogP) is 3.78. The molecule has 4 heteroatoms. The lowest BCUT2D eigenvalue weighted by molar-refractivity contribution is 0.285. The van der Waals surface area contributed by atoms with Crippen LogP contribution in [0.1, 0.15) is 30.9 Å². The standard InChI is InChI=1S/C14H21BrFNO/c1-3-13(17)9-11-8-12(15)7-10(2)14(11)18-6-4-5-16/h7-8,13H,3-6,9,17H2,1-2H3. The van der Waals surface area contributed by atoms with Gasteiger partial charge in [-0.05, 0) is 43.0 Å². The molecule has 0 aliphatic heterocycles. The van der Waals surface area contributed by atoms with Gasteiger partial charge in [-0.15, -0.1) is 0 Å². The molecule has 1 unspecified atom stereocenters.